The monoisotopic (exact) mass is 524 g/mol. The molecule has 3 amide bonds. The Bertz CT molecular complexity index is 1220. The zero-order valence-corrected chi connectivity index (χ0v) is 22.7. The van der Waals surface area contributed by atoms with Gasteiger partial charge in [0.1, 0.15) is 16.4 Å². The minimum Gasteiger partial charge on any atom is -0.497 e. The van der Waals surface area contributed by atoms with Gasteiger partial charge in [0.25, 0.3) is 0 Å². The van der Waals surface area contributed by atoms with Crippen molar-refractivity contribution in [2.24, 2.45) is 11.0 Å². The predicted octanol–water partition coefficient (Wildman–Crippen LogP) is 4.07. The molecule has 0 bridgehead atoms. The summed E-state index contributed by atoms with van der Waals surface area (Å²) < 4.78 is 10.7. The third-order valence-corrected chi connectivity index (χ3v) is 8.47. The number of hydrogen-bond donors (Lipinski definition) is 1. The summed E-state index contributed by atoms with van der Waals surface area (Å²) in [7, 11) is 3.21. The smallest absolute Gasteiger partial charge is 0.240 e. The topological polar surface area (TPSA) is 101 Å². The van der Waals surface area contributed by atoms with Gasteiger partial charge < -0.3 is 19.7 Å². The molecule has 4 rings (SSSR count). The third-order valence-electron chi connectivity index (χ3n) is 7.03. The summed E-state index contributed by atoms with van der Waals surface area (Å²) in [5.74, 6) is 0.587. The van der Waals surface area contributed by atoms with Crippen molar-refractivity contribution in [3.8, 4) is 11.5 Å². The lowest BCUT2D eigenvalue weighted by Crippen LogP contribution is -2.59. The SMILES string of the molecule is COc1ccc(C2CC3(SC(NC(C)=O)=NN3C(C)=O)C(C)C(c3ccc(OC)cc3)N2C(C)=O)cc1. The summed E-state index contributed by atoms with van der Waals surface area (Å²) in [6.07, 6.45) is 0.420. The zero-order chi connectivity index (χ0) is 26.9. The van der Waals surface area contributed by atoms with E-state index in [1.807, 2.05) is 60.4 Å². The standard InChI is InChI=1S/C27H32N4O5S/c1-16-25(21-9-13-23(36-6)14-10-21)30(18(3)33)24(20-7-11-22(35-5)12-8-20)15-27(16)31(19(4)34)29-26(37-27)28-17(2)32/h7-14,16,24-25H,15H2,1-6H3,(H,28,29,32). The number of carbonyl (C=O) groups is 3. The Kier molecular flexibility index (Phi) is 7.49. The van der Waals surface area contributed by atoms with Crippen LogP contribution in [0.5, 0.6) is 11.5 Å². The van der Waals surface area contributed by atoms with Gasteiger partial charge in [0.15, 0.2) is 5.17 Å². The lowest BCUT2D eigenvalue weighted by atomic mass is 9.76. The number of hydrogen-bond acceptors (Lipinski definition) is 7. The molecule has 2 aromatic rings. The van der Waals surface area contributed by atoms with E-state index >= 15 is 0 Å². The number of nitrogens with one attached hydrogen (secondary N) is 1. The molecule has 10 heteroatoms. The fourth-order valence-electron chi connectivity index (χ4n) is 5.37. The number of amidine groups is 1. The molecule has 0 aliphatic carbocycles. The molecule has 1 fully saturated rings. The molecule has 0 radical (unpaired) electrons. The first-order valence-corrected chi connectivity index (χ1v) is 12.9. The van der Waals surface area contributed by atoms with Crippen molar-refractivity contribution in [3.63, 3.8) is 0 Å². The highest BCUT2D eigenvalue weighted by atomic mass is 32.2. The average Bonchev–Trinajstić information content (AvgIpc) is 3.23. The second kappa shape index (κ2) is 10.5. The van der Waals surface area contributed by atoms with Crippen LogP contribution in [-0.2, 0) is 14.4 Å². The molecule has 2 aromatic carbocycles. The van der Waals surface area contributed by atoms with E-state index in [1.54, 1.807) is 21.1 Å². The zero-order valence-electron chi connectivity index (χ0n) is 21.8. The average molecular weight is 525 g/mol. The van der Waals surface area contributed by atoms with Crippen molar-refractivity contribution in [2.75, 3.05) is 14.2 Å². The van der Waals surface area contributed by atoms with Crippen molar-refractivity contribution in [1.82, 2.24) is 15.2 Å². The first-order chi connectivity index (χ1) is 17.6. The number of piperidine rings is 1. The van der Waals surface area contributed by atoms with Crippen molar-refractivity contribution >= 4 is 34.7 Å². The van der Waals surface area contributed by atoms with Crippen LogP contribution in [0.3, 0.4) is 0 Å². The number of thioether (sulfide) groups is 1. The number of likely N-dealkylation sites (tertiary alicyclic amines) is 1. The van der Waals surface area contributed by atoms with Crippen LogP contribution < -0.4 is 14.8 Å². The van der Waals surface area contributed by atoms with E-state index in [9.17, 15) is 14.4 Å². The fourth-order valence-corrected chi connectivity index (χ4v) is 6.84. The van der Waals surface area contributed by atoms with Gasteiger partial charge in [-0.2, -0.15) is 0 Å². The predicted molar refractivity (Wildman–Crippen MR) is 142 cm³/mol. The summed E-state index contributed by atoms with van der Waals surface area (Å²) in [6, 6.07) is 14.5. The maximum atomic E-state index is 13.3. The van der Waals surface area contributed by atoms with Gasteiger partial charge >= 0.3 is 0 Å². The highest BCUT2D eigenvalue weighted by Crippen LogP contribution is 2.58. The van der Waals surface area contributed by atoms with Crippen LogP contribution in [0.1, 0.15) is 57.3 Å². The van der Waals surface area contributed by atoms with Crippen LogP contribution in [0, 0.1) is 5.92 Å². The van der Waals surface area contributed by atoms with E-state index < -0.39 is 4.87 Å². The number of rotatable bonds is 4. The lowest BCUT2D eigenvalue weighted by molar-refractivity contribution is -0.147. The molecule has 37 heavy (non-hydrogen) atoms. The van der Waals surface area contributed by atoms with Gasteiger partial charge in [-0.15, -0.1) is 5.10 Å². The summed E-state index contributed by atoms with van der Waals surface area (Å²) in [5, 5.41) is 9.14. The van der Waals surface area contributed by atoms with Crippen molar-refractivity contribution in [3.05, 3.63) is 59.7 Å². The summed E-state index contributed by atoms with van der Waals surface area (Å²) >= 11 is 1.37. The van der Waals surface area contributed by atoms with Crippen molar-refractivity contribution in [1.29, 1.82) is 0 Å². The van der Waals surface area contributed by atoms with E-state index in [4.69, 9.17) is 9.47 Å². The molecule has 1 spiro atoms. The highest BCUT2D eigenvalue weighted by Gasteiger charge is 2.59. The van der Waals surface area contributed by atoms with Gasteiger partial charge in [0.05, 0.1) is 26.3 Å². The maximum Gasteiger partial charge on any atom is 0.240 e. The number of ether oxygens (including phenoxy) is 2. The first kappa shape index (κ1) is 26.5. The quantitative estimate of drug-likeness (QED) is 0.647. The number of benzene rings is 2. The van der Waals surface area contributed by atoms with Gasteiger partial charge in [0.2, 0.25) is 17.7 Å². The van der Waals surface area contributed by atoms with Gasteiger partial charge in [-0.05, 0) is 35.4 Å². The molecule has 2 heterocycles. The molecule has 0 saturated carbocycles. The van der Waals surface area contributed by atoms with Crippen LogP contribution in [0.2, 0.25) is 0 Å². The number of carbonyl (C=O) groups excluding carboxylic acids is 3. The molecule has 1 saturated heterocycles. The second-order valence-electron chi connectivity index (χ2n) is 9.29. The Labute approximate surface area is 221 Å². The Hall–Kier alpha value is -3.53. The summed E-state index contributed by atoms with van der Waals surface area (Å²) in [4.78, 5) is 39.2. The number of amides is 3. The number of hydrazone groups is 1. The Balaban J connectivity index is 1.89. The molecular formula is C27H32N4O5S. The fraction of sp³-hybridized carbons (Fsp3) is 0.407. The Morgan fingerprint density at radius 3 is 1.92 bits per heavy atom. The third kappa shape index (κ3) is 4.90. The maximum absolute atomic E-state index is 13.3. The molecule has 2 aliphatic heterocycles. The molecule has 4 atom stereocenters. The van der Waals surface area contributed by atoms with Crippen LogP contribution in [-0.4, -0.2) is 51.9 Å². The molecule has 196 valence electrons. The van der Waals surface area contributed by atoms with Crippen LogP contribution >= 0.6 is 11.8 Å². The number of methoxy groups -OCH3 is 2. The van der Waals surface area contributed by atoms with Crippen LogP contribution in [0.25, 0.3) is 0 Å². The Morgan fingerprint density at radius 2 is 1.46 bits per heavy atom. The van der Waals surface area contributed by atoms with E-state index in [-0.39, 0.29) is 35.7 Å². The summed E-state index contributed by atoms with van der Waals surface area (Å²) in [5.41, 5.74) is 1.83. The molecule has 1 N–H and O–H groups in total. The summed E-state index contributed by atoms with van der Waals surface area (Å²) in [6.45, 7) is 6.48. The largest absolute Gasteiger partial charge is 0.497 e. The number of nitrogens with zero attached hydrogens (tertiary/aromatic N) is 3. The molecular weight excluding hydrogens is 492 g/mol. The minimum absolute atomic E-state index is 0.0799. The van der Waals surface area contributed by atoms with Crippen LogP contribution in [0.15, 0.2) is 53.6 Å². The van der Waals surface area contributed by atoms with Gasteiger partial charge in [0, 0.05) is 33.1 Å². The highest BCUT2D eigenvalue weighted by molar-refractivity contribution is 8.15. The van der Waals surface area contributed by atoms with E-state index in [0.717, 1.165) is 11.1 Å². The van der Waals surface area contributed by atoms with Gasteiger partial charge in [-0.3, -0.25) is 14.4 Å². The molecule has 9 nitrogen and oxygen atoms in total. The van der Waals surface area contributed by atoms with Gasteiger partial charge in [-0.25, -0.2) is 5.01 Å². The second-order valence-corrected chi connectivity index (χ2v) is 10.6. The van der Waals surface area contributed by atoms with E-state index in [0.29, 0.717) is 23.1 Å². The van der Waals surface area contributed by atoms with E-state index in [2.05, 4.69) is 10.4 Å². The normalized spacial score (nSPS) is 25.0. The molecule has 2 aliphatic rings. The minimum atomic E-state index is -0.843. The van der Waals surface area contributed by atoms with Crippen LogP contribution in [0.4, 0.5) is 0 Å². The molecule has 0 aromatic heterocycles. The first-order valence-electron chi connectivity index (χ1n) is 12.0. The van der Waals surface area contributed by atoms with Crippen molar-refractivity contribution < 1.29 is 23.9 Å². The van der Waals surface area contributed by atoms with Crippen molar-refractivity contribution in [2.45, 2.75) is 51.1 Å². The Morgan fingerprint density at radius 1 is 0.919 bits per heavy atom. The molecule has 4 unspecified atom stereocenters. The lowest BCUT2D eigenvalue weighted by Gasteiger charge is -2.55. The van der Waals surface area contributed by atoms with Gasteiger partial charge in [-0.1, -0.05) is 43.0 Å². The van der Waals surface area contributed by atoms with E-state index in [1.165, 1.54) is 30.6 Å².